The number of nitrogens with one attached hydrogen (secondary N) is 1. The Hall–Kier alpha value is -1.99. The number of ether oxygens (including phenoxy) is 1. The van der Waals surface area contributed by atoms with Gasteiger partial charge in [0.2, 0.25) is 0 Å². The van der Waals surface area contributed by atoms with Gasteiger partial charge in [-0.25, -0.2) is 4.98 Å². The number of benzene rings is 1. The van der Waals surface area contributed by atoms with Crippen LogP contribution < -0.4 is 10.1 Å². The number of hydrogen-bond acceptors (Lipinski definition) is 6. The molecule has 0 atom stereocenters. The van der Waals surface area contributed by atoms with Crippen molar-refractivity contribution < 1.29 is 9.66 Å². The Bertz CT molecular complexity index is 613. The summed E-state index contributed by atoms with van der Waals surface area (Å²) in [6.45, 7) is 3.12. The second kappa shape index (κ2) is 6.44. The van der Waals surface area contributed by atoms with Crippen LogP contribution in [0.5, 0.6) is 5.75 Å². The molecular weight excluding hydrogens is 278 g/mol. The zero-order valence-electron chi connectivity index (χ0n) is 11.3. The Balaban J connectivity index is 2.01. The molecule has 7 heteroatoms. The lowest BCUT2D eigenvalue weighted by Gasteiger charge is -2.06. The molecule has 0 saturated heterocycles. The number of aromatic nitrogens is 1. The van der Waals surface area contributed by atoms with Crippen molar-refractivity contribution in [2.75, 3.05) is 7.11 Å². The van der Waals surface area contributed by atoms with Gasteiger partial charge in [0.25, 0.3) is 5.69 Å². The van der Waals surface area contributed by atoms with Crippen molar-refractivity contribution >= 4 is 17.0 Å². The van der Waals surface area contributed by atoms with Crippen LogP contribution in [0.25, 0.3) is 0 Å². The molecule has 2 rings (SSSR count). The van der Waals surface area contributed by atoms with E-state index in [2.05, 4.69) is 10.3 Å². The highest BCUT2D eigenvalue weighted by atomic mass is 32.1. The number of hydrogen-bond donors (Lipinski definition) is 1. The Morgan fingerprint density at radius 1 is 1.40 bits per heavy atom. The summed E-state index contributed by atoms with van der Waals surface area (Å²) in [5.74, 6) is 0.487. The van der Waals surface area contributed by atoms with Gasteiger partial charge in [-0.05, 0) is 18.6 Å². The minimum absolute atomic E-state index is 0.0336. The predicted molar refractivity (Wildman–Crippen MR) is 77.0 cm³/mol. The van der Waals surface area contributed by atoms with Gasteiger partial charge in [-0.2, -0.15) is 0 Å². The molecule has 0 unspecified atom stereocenters. The van der Waals surface area contributed by atoms with E-state index in [1.165, 1.54) is 13.2 Å². The van der Waals surface area contributed by atoms with Crippen molar-refractivity contribution in [3.8, 4) is 5.75 Å². The van der Waals surface area contributed by atoms with E-state index < -0.39 is 4.92 Å². The molecule has 0 aliphatic rings. The normalized spacial score (nSPS) is 10.5. The molecule has 0 saturated carbocycles. The molecule has 0 amide bonds. The second-order valence-corrected chi connectivity index (χ2v) is 5.23. The quantitative estimate of drug-likeness (QED) is 0.654. The fourth-order valence-electron chi connectivity index (χ4n) is 1.77. The number of nitro benzene ring substituents is 1. The molecule has 2 aromatic rings. The third kappa shape index (κ3) is 3.75. The van der Waals surface area contributed by atoms with Gasteiger partial charge in [0, 0.05) is 30.2 Å². The molecule has 20 heavy (non-hydrogen) atoms. The predicted octanol–water partition coefficient (Wildman–Crippen LogP) is 2.66. The summed E-state index contributed by atoms with van der Waals surface area (Å²) in [4.78, 5) is 14.8. The molecule has 6 nitrogen and oxygen atoms in total. The fraction of sp³-hybridized carbons (Fsp3) is 0.308. The standard InChI is InChI=1S/C13H15N3O3S/c1-9-8-20-13(15-9)7-14-6-10-3-11(16(17)18)5-12(4-10)19-2/h3-5,8,14H,6-7H2,1-2H3. The maximum absolute atomic E-state index is 10.8. The van der Waals surface area contributed by atoms with Crippen molar-refractivity contribution in [1.29, 1.82) is 0 Å². The number of rotatable bonds is 6. The summed E-state index contributed by atoms with van der Waals surface area (Å²) in [6.07, 6.45) is 0. The molecule has 0 spiro atoms. The van der Waals surface area contributed by atoms with Crippen LogP contribution in [0.3, 0.4) is 0 Å². The van der Waals surface area contributed by atoms with Gasteiger partial charge in [0.1, 0.15) is 10.8 Å². The number of aryl methyl sites for hydroxylation is 1. The van der Waals surface area contributed by atoms with E-state index in [0.29, 0.717) is 18.8 Å². The van der Waals surface area contributed by atoms with Crippen molar-refractivity contribution in [1.82, 2.24) is 10.3 Å². The van der Waals surface area contributed by atoms with Crippen LogP contribution >= 0.6 is 11.3 Å². The third-order valence-corrected chi connectivity index (χ3v) is 3.64. The molecule has 0 aliphatic heterocycles. The monoisotopic (exact) mass is 293 g/mol. The second-order valence-electron chi connectivity index (χ2n) is 4.28. The number of methoxy groups -OCH3 is 1. The summed E-state index contributed by atoms with van der Waals surface area (Å²) >= 11 is 1.59. The van der Waals surface area contributed by atoms with Crippen LogP contribution in [-0.4, -0.2) is 17.0 Å². The van der Waals surface area contributed by atoms with Crippen LogP contribution in [0.15, 0.2) is 23.6 Å². The summed E-state index contributed by atoms with van der Waals surface area (Å²) in [5.41, 5.74) is 1.85. The van der Waals surface area contributed by atoms with Gasteiger partial charge >= 0.3 is 0 Å². The molecule has 0 aliphatic carbocycles. The largest absolute Gasteiger partial charge is 0.496 e. The molecule has 0 bridgehead atoms. The summed E-state index contributed by atoms with van der Waals surface area (Å²) in [6, 6.07) is 4.74. The van der Waals surface area contributed by atoms with E-state index in [-0.39, 0.29) is 5.69 Å². The van der Waals surface area contributed by atoms with Gasteiger partial charge in [-0.15, -0.1) is 11.3 Å². The van der Waals surface area contributed by atoms with E-state index >= 15 is 0 Å². The molecule has 0 radical (unpaired) electrons. The zero-order chi connectivity index (χ0) is 14.5. The molecule has 1 aromatic carbocycles. The average molecular weight is 293 g/mol. The van der Waals surface area contributed by atoms with Crippen molar-refractivity contribution in [2.24, 2.45) is 0 Å². The van der Waals surface area contributed by atoms with E-state index in [9.17, 15) is 10.1 Å². The van der Waals surface area contributed by atoms with Gasteiger partial charge in [-0.1, -0.05) is 0 Å². The molecule has 106 valence electrons. The first-order chi connectivity index (χ1) is 9.58. The van der Waals surface area contributed by atoms with Crippen LogP contribution in [0.4, 0.5) is 5.69 Å². The zero-order valence-corrected chi connectivity index (χ0v) is 12.1. The lowest BCUT2D eigenvalue weighted by Crippen LogP contribution is -2.12. The van der Waals surface area contributed by atoms with Crippen LogP contribution in [0.1, 0.15) is 16.3 Å². The Morgan fingerprint density at radius 3 is 2.80 bits per heavy atom. The van der Waals surface area contributed by atoms with E-state index in [0.717, 1.165) is 16.3 Å². The maximum Gasteiger partial charge on any atom is 0.273 e. The minimum Gasteiger partial charge on any atom is -0.496 e. The van der Waals surface area contributed by atoms with Crippen molar-refractivity contribution in [3.05, 3.63) is 50.0 Å². The topological polar surface area (TPSA) is 77.3 Å². The van der Waals surface area contributed by atoms with E-state index in [1.54, 1.807) is 23.5 Å². The first-order valence-corrected chi connectivity index (χ1v) is 6.90. The number of nitrogens with zero attached hydrogens (tertiary/aromatic N) is 2. The summed E-state index contributed by atoms with van der Waals surface area (Å²) in [5, 5.41) is 17.1. The Kier molecular flexibility index (Phi) is 4.65. The highest BCUT2D eigenvalue weighted by Crippen LogP contribution is 2.22. The molecule has 1 aromatic heterocycles. The average Bonchev–Trinajstić information content (AvgIpc) is 2.84. The molecular formula is C13H15N3O3S. The Labute approximate surface area is 120 Å². The molecule has 1 heterocycles. The van der Waals surface area contributed by atoms with Crippen molar-refractivity contribution in [2.45, 2.75) is 20.0 Å². The summed E-state index contributed by atoms with van der Waals surface area (Å²) < 4.78 is 5.07. The number of non-ortho nitro benzene ring substituents is 1. The number of thiazole rings is 1. The van der Waals surface area contributed by atoms with Gasteiger partial charge < -0.3 is 10.1 Å². The number of nitro groups is 1. The van der Waals surface area contributed by atoms with Gasteiger partial charge in [-0.3, -0.25) is 10.1 Å². The summed E-state index contributed by atoms with van der Waals surface area (Å²) in [7, 11) is 1.49. The lowest BCUT2D eigenvalue weighted by atomic mass is 10.2. The van der Waals surface area contributed by atoms with Crippen LogP contribution in [0, 0.1) is 17.0 Å². The lowest BCUT2D eigenvalue weighted by molar-refractivity contribution is -0.385. The van der Waals surface area contributed by atoms with Gasteiger partial charge in [0.15, 0.2) is 0 Å². The highest BCUT2D eigenvalue weighted by molar-refractivity contribution is 7.09. The fourth-order valence-corrected chi connectivity index (χ4v) is 2.51. The van der Waals surface area contributed by atoms with Crippen LogP contribution in [-0.2, 0) is 13.1 Å². The van der Waals surface area contributed by atoms with Crippen LogP contribution in [0.2, 0.25) is 0 Å². The highest BCUT2D eigenvalue weighted by Gasteiger charge is 2.10. The Morgan fingerprint density at radius 2 is 2.20 bits per heavy atom. The minimum atomic E-state index is -0.420. The van der Waals surface area contributed by atoms with E-state index in [1.807, 2.05) is 12.3 Å². The SMILES string of the molecule is COc1cc(CNCc2nc(C)cs2)cc([N+](=O)[O-])c1. The van der Waals surface area contributed by atoms with E-state index in [4.69, 9.17) is 4.74 Å². The third-order valence-electron chi connectivity index (χ3n) is 2.67. The first-order valence-electron chi connectivity index (χ1n) is 6.02. The molecule has 0 fully saturated rings. The molecule has 1 N–H and O–H groups in total. The smallest absolute Gasteiger partial charge is 0.273 e. The van der Waals surface area contributed by atoms with Gasteiger partial charge in [0.05, 0.1) is 18.1 Å². The van der Waals surface area contributed by atoms with Crippen molar-refractivity contribution in [3.63, 3.8) is 0 Å². The maximum atomic E-state index is 10.8. The first kappa shape index (κ1) is 14.4.